The lowest BCUT2D eigenvalue weighted by atomic mass is 9.88. The van der Waals surface area contributed by atoms with Crippen LogP contribution in [-0.4, -0.2) is 29.6 Å². The van der Waals surface area contributed by atoms with E-state index in [-0.39, 0.29) is 5.54 Å². The summed E-state index contributed by atoms with van der Waals surface area (Å²) in [6.45, 7) is 6.52. The van der Waals surface area contributed by atoms with Crippen LogP contribution < -0.4 is 5.73 Å². The summed E-state index contributed by atoms with van der Waals surface area (Å²) in [6, 6.07) is 8.90. The van der Waals surface area contributed by atoms with Gasteiger partial charge in [0.2, 0.25) is 0 Å². The van der Waals surface area contributed by atoms with E-state index in [0.717, 1.165) is 11.4 Å². The van der Waals surface area contributed by atoms with Crippen LogP contribution in [0.15, 0.2) is 24.3 Å². The molecular formula is C18H29ClN2. The molecule has 2 atom stereocenters. The molecule has 2 nitrogen and oxygen atoms in total. The number of halogens is 1. The van der Waals surface area contributed by atoms with Crippen molar-refractivity contribution in [1.82, 2.24) is 4.90 Å². The largest absolute Gasteiger partial charge is 0.329 e. The van der Waals surface area contributed by atoms with Crippen molar-refractivity contribution in [3.8, 4) is 0 Å². The van der Waals surface area contributed by atoms with E-state index < -0.39 is 0 Å². The van der Waals surface area contributed by atoms with Crippen LogP contribution in [0.3, 0.4) is 0 Å². The van der Waals surface area contributed by atoms with Gasteiger partial charge in [-0.1, -0.05) is 43.5 Å². The van der Waals surface area contributed by atoms with Crippen molar-refractivity contribution >= 4 is 11.6 Å². The standard InChI is InChI=1S/C18H29ClN2/c1-3-17-7-5-4-6-12-21(17)18(2,14-20)13-15-8-10-16(19)11-9-15/h8-11,17H,3-7,12-14,20H2,1-2H3. The van der Waals surface area contributed by atoms with Crippen molar-refractivity contribution < 1.29 is 0 Å². The number of likely N-dealkylation sites (tertiary alicyclic amines) is 1. The number of hydrogen-bond acceptors (Lipinski definition) is 2. The molecule has 0 amide bonds. The van der Waals surface area contributed by atoms with E-state index in [4.69, 9.17) is 17.3 Å². The Hall–Kier alpha value is -0.570. The molecule has 1 heterocycles. The molecule has 21 heavy (non-hydrogen) atoms. The summed E-state index contributed by atoms with van der Waals surface area (Å²) in [6.07, 6.45) is 7.54. The van der Waals surface area contributed by atoms with Crippen LogP contribution in [0.4, 0.5) is 0 Å². The van der Waals surface area contributed by atoms with Crippen LogP contribution in [0, 0.1) is 0 Å². The Bertz CT molecular complexity index is 431. The smallest absolute Gasteiger partial charge is 0.0406 e. The van der Waals surface area contributed by atoms with Crippen LogP contribution in [0.25, 0.3) is 0 Å². The zero-order chi connectivity index (χ0) is 15.3. The van der Waals surface area contributed by atoms with E-state index in [1.54, 1.807) is 0 Å². The van der Waals surface area contributed by atoms with Gasteiger partial charge in [0.25, 0.3) is 0 Å². The molecule has 0 aromatic heterocycles. The molecule has 0 aliphatic carbocycles. The average molecular weight is 309 g/mol. The van der Waals surface area contributed by atoms with E-state index >= 15 is 0 Å². The molecule has 2 rings (SSSR count). The van der Waals surface area contributed by atoms with Gasteiger partial charge in [-0.05, 0) is 56.8 Å². The Morgan fingerprint density at radius 2 is 1.95 bits per heavy atom. The molecule has 1 aliphatic heterocycles. The minimum atomic E-state index is 0.0405. The summed E-state index contributed by atoms with van der Waals surface area (Å²) in [5.41, 5.74) is 7.58. The molecule has 0 spiro atoms. The highest BCUT2D eigenvalue weighted by molar-refractivity contribution is 6.30. The van der Waals surface area contributed by atoms with Gasteiger partial charge in [0.15, 0.2) is 0 Å². The average Bonchev–Trinajstić information content (AvgIpc) is 2.75. The van der Waals surface area contributed by atoms with Crippen molar-refractivity contribution in [3.63, 3.8) is 0 Å². The Labute approximate surface area is 134 Å². The summed E-state index contributed by atoms with van der Waals surface area (Å²) in [7, 11) is 0. The van der Waals surface area contributed by atoms with Gasteiger partial charge in [0, 0.05) is 23.1 Å². The minimum absolute atomic E-state index is 0.0405. The van der Waals surface area contributed by atoms with Gasteiger partial charge in [-0.2, -0.15) is 0 Å². The molecule has 1 fully saturated rings. The van der Waals surface area contributed by atoms with Crippen LogP contribution in [-0.2, 0) is 6.42 Å². The lowest BCUT2D eigenvalue weighted by Gasteiger charge is -2.45. The topological polar surface area (TPSA) is 29.3 Å². The second kappa shape index (κ2) is 7.62. The van der Waals surface area contributed by atoms with Crippen LogP contribution >= 0.6 is 11.6 Å². The second-order valence-corrected chi connectivity index (χ2v) is 7.05. The Morgan fingerprint density at radius 1 is 1.24 bits per heavy atom. The van der Waals surface area contributed by atoms with Crippen molar-refractivity contribution in [2.75, 3.05) is 13.1 Å². The lowest BCUT2D eigenvalue weighted by Crippen LogP contribution is -2.57. The van der Waals surface area contributed by atoms with Gasteiger partial charge in [-0.25, -0.2) is 0 Å². The van der Waals surface area contributed by atoms with E-state index in [1.807, 2.05) is 12.1 Å². The predicted octanol–water partition coefficient (Wildman–Crippen LogP) is 4.25. The summed E-state index contributed by atoms with van der Waals surface area (Å²) >= 11 is 6.00. The maximum atomic E-state index is 6.22. The molecule has 1 aromatic rings. The molecule has 1 saturated heterocycles. The lowest BCUT2D eigenvalue weighted by molar-refractivity contribution is 0.0609. The van der Waals surface area contributed by atoms with Gasteiger partial charge in [0.1, 0.15) is 0 Å². The maximum absolute atomic E-state index is 6.22. The third-order valence-corrected chi connectivity index (χ3v) is 5.23. The van der Waals surface area contributed by atoms with E-state index in [0.29, 0.717) is 12.6 Å². The summed E-state index contributed by atoms with van der Waals surface area (Å²) in [4.78, 5) is 2.69. The normalized spacial score (nSPS) is 23.5. The predicted molar refractivity (Wildman–Crippen MR) is 91.9 cm³/mol. The zero-order valence-corrected chi connectivity index (χ0v) is 14.2. The first-order chi connectivity index (χ1) is 10.1. The summed E-state index contributed by atoms with van der Waals surface area (Å²) < 4.78 is 0. The molecule has 0 radical (unpaired) electrons. The van der Waals surface area contributed by atoms with Crippen molar-refractivity contribution in [3.05, 3.63) is 34.9 Å². The van der Waals surface area contributed by atoms with Crippen LogP contribution in [0.2, 0.25) is 5.02 Å². The fraction of sp³-hybridized carbons (Fsp3) is 0.667. The third-order valence-electron chi connectivity index (χ3n) is 4.98. The Balaban J connectivity index is 2.19. The summed E-state index contributed by atoms with van der Waals surface area (Å²) in [5.74, 6) is 0. The fourth-order valence-electron chi connectivity index (χ4n) is 3.65. The zero-order valence-electron chi connectivity index (χ0n) is 13.4. The highest BCUT2D eigenvalue weighted by Crippen LogP contribution is 2.29. The number of rotatable bonds is 5. The van der Waals surface area contributed by atoms with Crippen molar-refractivity contribution in [1.29, 1.82) is 0 Å². The van der Waals surface area contributed by atoms with Crippen molar-refractivity contribution in [2.24, 2.45) is 5.73 Å². The van der Waals surface area contributed by atoms with Gasteiger partial charge in [-0.15, -0.1) is 0 Å². The number of nitrogens with zero attached hydrogens (tertiary/aromatic N) is 1. The fourth-order valence-corrected chi connectivity index (χ4v) is 3.77. The molecule has 0 bridgehead atoms. The van der Waals surface area contributed by atoms with E-state index in [1.165, 1.54) is 44.2 Å². The second-order valence-electron chi connectivity index (χ2n) is 6.61. The first-order valence-corrected chi connectivity index (χ1v) is 8.68. The Kier molecular flexibility index (Phi) is 6.09. The third kappa shape index (κ3) is 4.21. The highest BCUT2D eigenvalue weighted by Gasteiger charge is 2.35. The van der Waals surface area contributed by atoms with Crippen LogP contribution in [0.1, 0.15) is 51.5 Å². The quantitative estimate of drug-likeness (QED) is 0.881. The van der Waals surface area contributed by atoms with Gasteiger partial charge in [-0.3, -0.25) is 4.90 Å². The molecule has 3 heteroatoms. The first-order valence-electron chi connectivity index (χ1n) is 8.30. The number of hydrogen-bond donors (Lipinski definition) is 1. The van der Waals surface area contributed by atoms with Gasteiger partial charge < -0.3 is 5.73 Å². The number of nitrogens with two attached hydrogens (primary N) is 1. The monoisotopic (exact) mass is 308 g/mol. The highest BCUT2D eigenvalue weighted by atomic mass is 35.5. The van der Waals surface area contributed by atoms with E-state index in [2.05, 4.69) is 30.9 Å². The van der Waals surface area contributed by atoms with Crippen LogP contribution in [0.5, 0.6) is 0 Å². The molecule has 1 aliphatic rings. The first kappa shape index (κ1) is 16.8. The maximum Gasteiger partial charge on any atom is 0.0406 e. The van der Waals surface area contributed by atoms with Gasteiger partial charge >= 0.3 is 0 Å². The van der Waals surface area contributed by atoms with Crippen molar-refractivity contribution in [2.45, 2.75) is 64.0 Å². The molecule has 0 saturated carbocycles. The number of benzene rings is 1. The molecule has 1 aromatic carbocycles. The molecular weight excluding hydrogens is 280 g/mol. The molecule has 118 valence electrons. The molecule has 2 N–H and O–H groups in total. The van der Waals surface area contributed by atoms with Gasteiger partial charge in [0.05, 0.1) is 0 Å². The SMILES string of the molecule is CCC1CCCCCN1C(C)(CN)Cc1ccc(Cl)cc1. The minimum Gasteiger partial charge on any atom is -0.329 e. The summed E-state index contributed by atoms with van der Waals surface area (Å²) in [5, 5.41) is 0.800. The Morgan fingerprint density at radius 3 is 2.57 bits per heavy atom. The van der Waals surface area contributed by atoms with E-state index in [9.17, 15) is 0 Å². The molecule has 2 unspecified atom stereocenters.